The van der Waals surface area contributed by atoms with Crippen molar-refractivity contribution in [3.63, 3.8) is 0 Å². The molecule has 0 atom stereocenters. The summed E-state index contributed by atoms with van der Waals surface area (Å²) in [5.41, 5.74) is 5.98. The predicted molar refractivity (Wildman–Crippen MR) is 200 cm³/mol. The van der Waals surface area contributed by atoms with Gasteiger partial charge in [0.1, 0.15) is 11.3 Å². The number of aliphatic hydroxyl groups excluding tert-OH is 1. The van der Waals surface area contributed by atoms with Gasteiger partial charge >= 0.3 is 0 Å². The van der Waals surface area contributed by atoms with Gasteiger partial charge in [-0.05, 0) is 54.7 Å². The van der Waals surface area contributed by atoms with Gasteiger partial charge < -0.3 is 9.52 Å². The molecular formula is C43H53IrN2O3-. The van der Waals surface area contributed by atoms with E-state index in [1.54, 1.807) is 0 Å². The van der Waals surface area contributed by atoms with Gasteiger partial charge in [-0.2, -0.15) is 0 Å². The van der Waals surface area contributed by atoms with E-state index in [-0.39, 0.29) is 48.9 Å². The Labute approximate surface area is 307 Å². The van der Waals surface area contributed by atoms with E-state index in [9.17, 15) is 9.90 Å². The van der Waals surface area contributed by atoms with Crippen LogP contribution in [0.15, 0.2) is 83.2 Å². The fourth-order valence-corrected chi connectivity index (χ4v) is 6.15. The molecule has 0 aliphatic rings. The summed E-state index contributed by atoms with van der Waals surface area (Å²) in [7, 11) is 0. The molecule has 0 unspecified atom stereocenters. The molecule has 0 aliphatic carbocycles. The monoisotopic (exact) mass is 838 g/mol. The average molecular weight is 838 g/mol. The molecule has 0 saturated carbocycles. The molecule has 263 valence electrons. The first-order valence-corrected chi connectivity index (χ1v) is 17.6. The molecule has 3 heterocycles. The minimum absolute atomic E-state index is 0. The summed E-state index contributed by atoms with van der Waals surface area (Å²) in [5, 5.41) is 13.2. The molecule has 0 spiro atoms. The van der Waals surface area contributed by atoms with Crippen molar-refractivity contribution in [2.75, 3.05) is 0 Å². The summed E-state index contributed by atoms with van der Waals surface area (Å²) in [6.45, 7) is 19.2. The second-order valence-electron chi connectivity index (χ2n) is 14.2. The van der Waals surface area contributed by atoms with Gasteiger partial charge in [-0.1, -0.05) is 97.5 Å². The molecule has 1 N–H and O–H groups in total. The third-order valence-corrected chi connectivity index (χ3v) is 9.06. The van der Waals surface area contributed by atoms with Crippen LogP contribution in [0.1, 0.15) is 99.3 Å². The molecule has 0 fully saturated rings. The molecule has 49 heavy (non-hydrogen) atoms. The van der Waals surface area contributed by atoms with E-state index in [1.807, 2.05) is 52.2 Å². The first-order chi connectivity index (χ1) is 22.9. The number of rotatable bonds is 11. The van der Waals surface area contributed by atoms with Crippen molar-refractivity contribution in [1.82, 2.24) is 9.97 Å². The Morgan fingerprint density at radius 1 is 0.898 bits per heavy atom. The number of hydrogen-bond acceptors (Lipinski definition) is 5. The van der Waals surface area contributed by atoms with Gasteiger partial charge in [0, 0.05) is 74.0 Å². The number of ketones is 1. The number of fused-ring (bicyclic) bond motifs is 2. The Morgan fingerprint density at radius 2 is 1.57 bits per heavy atom. The van der Waals surface area contributed by atoms with E-state index in [0.717, 1.165) is 76.7 Å². The maximum atomic E-state index is 11.7. The third kappa shape index (κ3) is 10.2. The molecule has 3 aromatic heterocycles. The van der Waals surface area contributed by atoms with E-state index in [4.69, 9.17) is 9.40 Å². The number of allylic oxidation sites excluding steroid dienone is 2. The largest absolute Gasteiger partial charge is 0.512 e. The summed E-state index contributed by atoms with van der Waals surface area (Å²) >= 11 is 0. The minimum Gasteiger partial charge on any atom is -0.512 e. The molecule has 5 nitrogen and oxygen atoms in total. The standard InChI is InChI=1S/C30H29N2O.C13H24O2.Ir/c1-19(2)12-24-14-23-18-32-28(17-29(23)33-24)21-10-11-31-27(16-21)22-13-20-8-6-7-9-25(20)26(15-22)30(3,4)5;1-5-10(6-2)12(14)9-13(15)11(7-3)8-4;/h6-11,14-19H,12H2,1-5H3;9-11,14H,5-8H2,1-4H3;/q-1;;/b;12-9-;. The van der Waals surface area contributed by atoms with Crippen LogP contribution in [0.4, 0.5) is 0 Å². The van der Waals surface area contributed by atoms with Gasteiger partial charge in [0.25, 0.3) is 0 Å². The Morgan fingerprint density at radius 3 is 2.20 bits per heavy atom. The Balaban J connectivity index is 0.000000347. The SMILES string of the molecule is CC(C)Cc1cc2cnc(-c3ccnc(-c4[c-]c5ccccc5c(C(C)(C)C)c4)c3)cc2o1.CCC(CC)C(=O)/C=C(\O)C(CC)CC.[Ir]. The van der Waals surface area contributed by atoms with Gasteiger partial charge in [-0.15, -0.1) is 29.1 Å². The second kappa shape index (κ2) is 17.9. The van der Waals surface area contributed by atoms with E-state index in [0.29, 0.717) is 5.92 Å². The van der Waals surface area contributed by atoms with Crippen LogP contribution in [0.25, 0.3) is 44.3 Å². The Hall–Kier alpha value is -3.60. The Kier molecular flexibility index (Phi) is 14.5. The first kappa shape index (κ1) is 39.8. The number of hydrogen-bond donors (Lipinski definition) is 1. The van der Waals surface area contributed by atoms with Crippen LogP contribution in [0.2, 0.25) is 0 Å². The van der Waals surface area contributed by atoms with Crippen LogP contribution in [0.5, 0.6) is 0 Å². The van der Waals surface area contributed by atoms with Crippen LogP contribution >= 0.6 is 0 Å². The topological polar surface area (TPSA) is 76.2 Å². The molecule has 0 saturated heterocycles. The number of aromatic nitrogens is 2. The van der Waals surface area contributed by atoms with E-state index < -0.39 is 0 Å². The Bertz CT molecular complexity index is 1860. The number of benzene rings is 2. The van der Waals surface area contributed by atoms with Gasteiger partial charge in [0.15, 0.2) is 5.78 Å². The summed E-state index contributed by atoms with van der Waals surface area (Å²) in [6, 6.07) is 22.5. The van der Waals surface area contributed by atoms with Crippen LogP contribution in [0.3, 0.4) is 0 Å². The molecule has 0 bridgehead atoms. The number of aliphatic hydroxyl groups is 1. The van der Waals surface area contributed by atoms with Crippen molar-refractivity contribution in [3.8, 4) is 22.5 Å². The van der Waals surface area contributed by atoms with Crippen LogP contribution in [-0.4, -0.2) is 20.9 Å². The molecule has 6 heteroatoms. The van der Waals surface area contributed by atoms with Crippen LogP contribution in [0, 0.1) is 23.8 Å². The summed E-state index contributed by atoms with van der Waals surface area (Å²) < 4.78 is 6.10. The van der Waals surface area contributed by atoms with Crippen LogP contribution < -0.4 is 0 Å². The van der Waals surface area contributed by atoms with Crippen LogP contribution in [-0.2, 0) is 36.7 Å². The van der Waals surface area contributed by atoms with Gasteiger partial charge in [-0.3, -0.25) is 14.8 Å². The van der Waals surface area contributed by atoms with Crippen molar-refractivity contribution in [3.05, 3.63) is 96.2 Å². The molecule has 0 amide bonds. The number of pyridine rings is 2. The number of nitrogens with zero attached hydrogens (tertiary/aromatic N) is 2. The zero-order valence-corrected chi connectivity index (χ0v) is 33.1. The first-order valence-electron chi connectivity index (χ1n) is 17.6. The van der Waals surface area contributed by atoms with Crippen molar-refractivity contribution in [2.24, 2.45) is 17.8 Å². The van der Waals surface area contributed by atoms with E-state index in [1.165, 1.54) is 17.0 Å². The van der Waals surface area contributed by atoms with Gasteiger partial charge in [-0.25, -0.2) is 0 Å². The number of carbonyl (C=O) groups excluding carboxylic acids is 1. The fourth-order valence-electron chi connectivity index (χ4n) is 6.15. The fraction of sp³-hybridized carbons (Fsp3) is 0.419. The molecule has 5 rings (SSSR count). The van der Waals surface area contributed by atoms with Crippen molar-refractivity contribution < 1.29 is 34.4 Å². The number of carbonyl (C=O) groups is 1. The third-order valence-electron chi connectivity index (χ3n) is 9.06. The second-order valence-corrected chi connectivity index (χ2v) is 14.2. The maximum Gasteiger partial charge on any atom is 0.162 e. The molecular weight excluding hydrogens is 785 g/mol. The van der Waals surface area contributed by atoms with Crippen molar-refractivity contribution in [1.29, 1.82) is 0 Å². The summed E-state index contributed by atoms with van der Waals surface area (Å²) in [6.07, 6.45) is 9.58. The molecule has 0 aliphatic heterocycles. The zero-order valence-electron chi connectivity index (χ0n) is 30.7. The van der Waals surface area contributed by atoms with Crippen molar-refractivity contribution >= 4 is 27.5 Å². The van der Waals surface area contributed by atoms with Gasteiger partial charge in [0.05, 0.1) is 11.5 Å². The average Bonchev–Trinajstić information content (AvgIpc) is 3.46. The summed E-state index contributed by atoms with van der Waals surface area (Å²) in [4.78, 5) is 21.1. The molecule has 2 aromatic carbocycles. The predicted octanol–water partition coefficient (Wildman–Crippen LogP) is 11.9. The van der Waals surface area contributed by atoms with Gasteiger partial charge in [0.2, 0.25) is 0 Å². The maximum absolute atomic E-state index is 11.7. The molecule has 1 radical (unpaired) electrons. The van der Waals surface area contributed by atoms with E-state index in [2.05, 4.69) is 88.1 Å². The molecule has 5 aromatic rings. The zero-order chi connectivity index (χ0) is 35.0. The normalized spacial score (nSPS) is 12.0. The summed E-state index contributed by atoms with van der Waals surface area (Å²) in [5.74, 6) is 2.11. The quantitative estimate of drug-likeness (QED) is 0.0815. The van der Waals surface area contributed by atoms with E-state index >= 15 is 0 Å². The number of furan rings is 1. The smallest absolute Gasteiger partial charge is 0.162 e. The van der Waals surface area contributed by atoms with Crippen molar-refractivity contribution in [2.45, 2.75) is 99.8 Å². The minimum atomic E-state index is 0.